The molecule has 0 saturated heterocycles. The molecule has 0 spiro atoms. The minimum atomic E-state index is -0.838. The van der Waals surface area contributed by atoms with Gasteiger partial charge in [-0.15, -0.1) is 0 Å². The minimum absolute atomic E-state index is 0.0628. The Hall–Kier alpha value is -2.37. The van der Waals surface area contributed by atoms with E-state index in [4.69, 9.17) is 4.74 Å². The summed E-state index contributed by atoms with van der Waals surface area (Å²) in [6.07, 6.45) is -0.00653. The topological polar surface area (TPSA) is 84.5 Å². The summed E-state index contributed by atoms with van der Waals surface area (Å²) in [4.78, 5) is 34.6. The molecule has 0 aromatic heterocycles. The van der Waals surface area contributed by atoms with Crippen molar-refractivity contribution in [2.45, 2.75) is 33.3 Å². The molecule has 0 bridgehead atoms. The summed E-state index contributed by atoms with van der Waals surface area (Å²) in [7, 11) is 0. The first kappa shape index (κ1) is 16.0. The molecule has 0 heterocycles. The Bertz CT molecular complexity index is 582. The first-order chi connectivity index (χ1) is 10.4. The van der Waals surface area contributed by atoms with Crippen LogP contribution >= 0.6 is 0 Å². The number of hydrogen-bond donors (Lipinski definition) is 2. The average molecular weight is 304 g/mol. The maximum Gasteiger partial charge on any atom is 0.309 e. The summed E-state index contributed by atoms with van der Waals surface area (Å²) >= 11 is 0. The lowest BCUT2D eigenvalue weighted by Gasteiger charge is -2.13. The summed E-state index contributed by atoms with van der Waals surface area (Å²) < 4.78 is 5.15. The molecular formula is C16H20N2O4. The molecule has 6 heteroatoms. The monoisotopic (exact) mass is 304 g/mol. The van der Waals surface area contributed by atoms with Crippen LogP contribution in [0.3, 0.4) is 0 Å². The smallest absolute Gasteiger partial charge is 0.309 e. The van der Waals surface area contributed by atoms with Gasteiger partial charge in [-0.25, -0.2) is 0 Å². The van der Waals surface area contributed by atoms with Gasteiger partial charge in [-0.3, -0.25) is 14.4 Å². The quantitative estimate of drug-likeness (QED) is 0.817. The third kappa shape index (κ3) is 4.31. The Morgan fingerprint density at radius 3 is 2.09 bits per heavy atom. The largest absolute Gasteiger partial charge is 0.452 e. The van der Waals surface area contributed by atoms with Crippen LogP contribution in [-0.4, -0.2) is 23.9 Å². The standard InChI is InChI=1S/C16H20N2O4/c1-9-8-14(9)16(21)22-10(2)15(20)18-13-6-4-12(5-7-13)17-11(3)19/h4-7,9-10,14H,8H2,1-3H3,(H,17,19)(H,18,20)/t9-,10+,14-/m1/s1. The van der Waals surface area contributed by atoms with E-state index >= 15 is 0 Å². The molecule has 1 aromatic carbocycles. The zero-order valence-corrected chi connectivity index (χ0v) is 12.9. The van der Waals surface area contributed by atoms with Gasteiger partial charge in [0.05, 0.1) is 5.92 Å². The molecule has 0 radical (unpaired) electrons. The summed E-state index contributed by atoms with van der Waals surface area (Å²) in [5.74, 6) is -0.562. The second kappa shape index (κ2) is 6.60. The molecular weight excluding hydrogens is 284 g/mol. The molecule has 2 N–H and O–H groups in total. The van der Waals surface area contributed by atoms with E-state index in [9.17, 15) is 14.4 Å². The number of anilines is 2. The van der Waals surface area contributed by atoms with Gasteiger partial charge in [0.25, 0.3) is 5.91 Å². The summed E-state index contributed by atoms with van der Waals surface area (Å²) in [5.41, 5.74) is 1.22. The molecule has 2 amide bonds. The zero-order valence-electron chi connectivity index (χ0n) is 12.9. The van der Waals surface area contributed by atoms with Crippen molar-refractivity contribution in [2.24, 2.45) is 11.8 Å². The number of carbonyl (C=O) groups excluding carboxylic acids is 3. The maximum atomic E-state index is 12.0. The van der Waals surface area contributed by atoms with E-state index in [1.165, 1.54) is 6.92 Å². The van der Waals surface area contributed by atoms with Gasteiger partial charge in [0.1, 0.15) is 0 Å². The van der Waals surface area contributed by atoms with E-state index in [0.717, 1.165) is 6.42 Å². The molecule has 1 saturated carbocycles. The highest BCUT2D eigenvalue weighted by atomic mass is 16.5. The fraction of sp³-hybridized carbons (Fsp3) is 0.438. The third-order valence-corrected chi connectivity index (χ3v) is 3.55. The zero-order chi connectivity index (χ0) is 16.3. The first-order valence-electron chi connectivity index (χ1n) is 7.26. The molecule has 2 rings (SSSR count). The predicted molar refractivity (Wildman–Crippen MR) is 82.2 cm³/mol. The molecule has 6 nitrogen and oxygen atoms in total. The Balaban J connectivity index is 1.85. The minimum Gasteiger partial charge on any atom is -0.452 e. The lowest BCUT2D eigenvalue weighted by molar-refractivity contribution is -0.154. The van der Waals surface area contributed by atoms with Gasteiger partial charge >= 0.3 is 5.97 Å². The van der Waals surface area contributed by atoms with Crippen molar-refractivity contribution in [3.63, 3.8) is 0 Å². The summed E-state index contributed by atoms with van der Waals surface area (Å²) in [6.45, 7) is 4.95. The van der Waals surface area contributed by atoms with Crippen molar-refractivity contribution >= 4 is 29.2 Å². The molecule has 0 unspecified atom stereocenters. The van der Waals surface area contributed by atoms with Crippen LogP contribution in [0.5, 0.6) is 0 Å². The van der Waals surface area contributed by atoms with E-state index in [1.54, 1.807) is 31.2 Å². The van der Waals surface area contributed by atoms with Crippen molar-refractivity contribution in [3.8, 4) is 0 Å². The van der Waals surface area contributed by atoms with Gasteiger partial charge in [-0.05, 0) is 43.5 Å². The molecule has 22 heavy (non-hydrogen) atoms. The number of ether oxygens (including phenoxy) is 1. The number of rotatable bonds is 5. The fourth-order valence-electron chi connectivity index (χ4n) is 2.05. The SMILES string of the molecule is CC(=O)Nc1ccc(NC(=O)[C@H](C)OC(=O)[C@@H]2C[C@H]2C)cc1. The van der Waals surface area contributed by atoms with Crippen molar-refractivity contribution in [2.75, 3.05) is 10.6 Å². The van der Waals surface area contributed by atoms with E-state index < -0.39 is 6.10 Å². The lowest BCUT2D eigenvalue weighted by atomic mass is 10.2. The number of carbonyl (C=O) groups is 3. The number of benzene rings is 1. The second-order valence-corrected chi connectivity index (χ2v) is 5.65. The van der Waals surface area contributed by atoms with Crippen molar-refractivity contribution in [1.82, 2.24) is 0 Å². The maximum absolute atomic E-state index is 12.0. The number of hydrogen-bond acceptors (Lipinski definition) is 4. The van der Waals surface area contributed by atoms with Gasteiger partial charge < -0.3 is 15.4 Å². The van der Waals surface area contributed by atoms with Gasteiger partial charge in [-0.2, -0.15) is 0 Å². The molecule has 0 aliphatic heterocycles. The highest BCUT2D eigenvalue weighted by molar-refractivity contribution is 5.95. The van der Waals surface area contributed by atoms with Crippen molar-refractivity contribution < 1.29 is 19.1 Å². The number of nitrogens with one attached hydrogen (secondary N) is 2. The highest BCUT2D eigenvalue weighted by Gasteiger charge is 2.41. The third-order valence-electron chi connectivity index (χ3n) is 3.55. The van der Waals surface area contributed by atoms with Crippen LogP contribution in [0.4, 0.5) is 11.4 Å². The molecule has 118 valence electrons. The van der Waals surface area contributed by atoms with E-state index in [1.807, 2.05) is 6.92 Å². The van der Waals surface area contributed by atoms with Crippen LogP contribution in [0.15, 0.2) is 24.3 Å². The fourth-order valence-corrected chi connectivity index (χ4v) is 2.05. The second-order valence-electron chi connectivity index (χ2n) is 5.65. The van der Waals surface area contributed by atoms with Crippen LogP contribution < -0.4 is 10.6 Å². The van der Waals surface area contributed by atoms with E-state index in [0.29, 0.717) is 17.3 Å². The Labute approximate surface area is 129 Å². The van der Waals surface area contributed by atoms with E-state index in [-0.39, 0.29) is 23.7 Å². The Morgan fingerprint density at radius 1 is 1.14 bits per heavy atom. The van der Waals surface area contributed by atoms with E-state index in [2.05, 4.69) is 10.6 Å². The summed E-state index contributed by atoms with van der Waals surface area (Å²) in [6, 6.07) is 6.69. The molecule has 3 atom stereocenters. The summed E-state index contributed by atoms with van der Waals surface area (Å²) in [5, 5.41) is 5.31. The van der Waals surface area contributed by atoms with Gasteiger partial charge in [0.15, 0.2) is 6.10 Å². The van der Waals surface area contributed by atoms with Gasteiger partial charge in [0, 0.05) is 18.3 Å². The first-order valence-corrected chi connectivity index (χ1v) is 7.26. The number of esters is 1. The van der Waals surface area contributed by atoms with Crippen LogP contribution in [-0.2, 0) is 19.1 Å². The molecule has 1 aromatic rings. The van der Waals surface area contributed by atoms with Crippen molar-refractivity contribution in [1.29, 1.82) is 0 Å². The Kier molecular flexibility index (Phi) is 4.80. The lowest BCUT2D eigenvalue weighted by Crippen LogP contribution is -2.30. The molecule has 1 aliphatic carbocycles. The van der Waals surface area contributed by atoms with Gasteiger partial charge in [-0.1, -0.05) is 6.92 Å². The molecule has 1 aliphatic rings. The predicted octanol–water partition coefficient (Wildman–Crippen LogP) is 2.17. The number of amides is 2. The highest BCUT2D eigenvalue weighted by Crippen LogP contribution is 2.38. The average Bonchev–Trinajstić information content (AvgIpc) is 3.17. The Morgan fingerprint density at radius 2 is 1.64 bits per heavy atom. The van der Waals surface area contributed by atoms with Crippen LogP contribution in [0.1, 0.15) is 27.2 Å². The molecule has 1 fully saturated rings. The van der Waals surface area contributed by atoms with Gasteiger partial charge in [0.2, 0.25) is 5.91 Å². The normalized spacial score (nSPS) is 20.7. The van der Waals surface area contributed by atoms with Crippen molar-refractivity contribution in [3.05, 3.63) is 24.3 Å². The van der Waals surface area contributed by atoms with Crippen LogP contribution in [0, 0.1) is 11.8 Å². The van der Waals surface area contributed by atoms with Crippen LogP contribution in [0.25, 0.3) is 0 Å². The van der Waals surface area contributed by atoms with Crippen LogP contribution in [0.2, 0.25) is 0 Å².